The number of carbonyl (C=O) groups is 3. The van der Waals surface area contributed by atoms with Gasteiger partial charge in [-0.05, 0) is 23.8 Å². The summed E-state index contributed by atoms with van der Waals surface area (Å²) in [5.41, 5.74) is 1.56. The molecular formula is C23H23N3O6. The molecule has 9 nitrogen and oxygen atoms in total. The van der Waals surface area contributed by atoms with E-state index in [9.17, 15) is 14.4 Å². The van der Waals surface area contributed by atoms with Crippen LogP contribution in [0, 0.1) is 0 Å². The van der Waals surface area contributed by atoms with E-state index in [0.717, 1.165) is 5.56 Å². The molecule has 32 heavy (non-hydrogen) atoms. The van der Waals surface area contributed by atoms with Crippen molar-refractivity contribution in [2.75, 3.05) is 24.9 Å². The topological polar surface area (TPSA) is 108 Å². The normalized spacial score (nSPS) is 10.2. The molecule has 166 valence electrons. The van der Waals surface area contributed by atoms with Gasteiger partial charge in [-0.1, -0.05) is 30.3 Å². The second-order valence-corrected chi connectivity index (χ2v) is 6.70. The molecule has 3 aromatic rings. The van der Waals surface area contributed by atoms with Gasteiger partial charge in [-0.2, -0.15) is 0 Å². The van der Waals surface area contributed by atoms with Gasteiger partial charge < -0.3 is 29.4 Å². The number of esters is 1. The van der Waals surface area contributed by atoms with Crippen molar-refractivity contribution in [3.63, 3.8) is 0 Å². The lowest BCUT2D eigenvalue weighted by atomic mass is 10.2. The van der Waals surface area contributed by atoms with Crippen molar-refractivity contribution in [1.29, 1.82) is 0 Å². The molecule has 0 aliphatic carbocycles. The number of methoxy groups -OCH3 is 2. The van der Waals surface area contributed by atoms with Gasteiger partial charge in [0.15, 0.2) is 0 Å². The molecule has 3 rings (SSSR count). The Balaban J connectivity index is 1.85. The molecule has 9 heteroatoms. The number of hydrogen-bond donors (Lipinski definition) is 2. The molecule has 0 bridgehead atoms. The third-order valence-corrected chi connectivity index (χ3v) is 4.74. The molecule has 0 saturated carbocycles. The van der Waals surface area contributed by atoms with Crippen LogP contribution >= 0.6 is 0 Å². The van der Waals surface area contributed by atoms with E-state index in [1.807, 2.05) is 30.3 Å². The average Bonchev–Trinajstić information content (AvgIpc) is 3.14. The molecule has 0 unspecified atom stereocenters. The van der Waals surface area contributed by atoms with Crippen LogP contribution in [0.3, 0.4) is 0 Å². The van der Waals surface area contributed by atoms with E-state index in [4.69, 9.17) is 14.2 Å². The van der Waals surface area contributed by atoms with E-state index in [-0.39, 0.29) is 23.7 Å². The first-order chi connectivity index (χ1) is 15.5. The number of rotatable bonds is 9. The third kappa shape index (κ3) is 4.89. The van der Waals surface area contributed by atoms with Crippen molar-refractivity contribution in [2.24, 2.45) is 7.05 Å². The maximum absolute atomic E-state index is 13.0. The van der Waals surface area contributed by atoms with Crippen LogP contribution in [0.15, 0.2) is 54.6 Å². The van der Waals surface area contributed by atoms with Crippen molar-refractivity contribution in [2.45, 2.75) is 6.61 Å². The quantitative estimate of drug-likeness (QED) is 0.393. The first kappa shape index (κ1) is 22.4. The molecule has 0 saturated heterocycles. The van der Waals surface area contributed by atoms with Crippen molar-refractivity contribution in [3.8, 4) is 11.5 Å². The smallest absolute Gasteiger partial charge is 0.355 e. The van der Waals surface area contributed by atoms with Gasteiger partial charge in [0.05, 0.1) is 25.6 Å². The van der Waals surface area contributed by atoms with Gasteiger partial charge in [-0.15, -0.1) is 0 Å². The molecule has 0 fully saturated rings. The van der Waals surface area contributed by atoms with Crippen molar-refractivity contribution in [1.82, 2.24) is 4.57 Å². The maximum Gasteiger partial charge on any atom is 0.355 e. The summed E-state index contributed by atoms with van der Waals surface area (Å²) in [5.74, 6) is -0.237. The Labute approximate surface area is 184 Å². The number of benzene rings is 2. The molecule has 2 N–H and O–H groups in total. The summed E-state index contributed by atoms with van der Waals surface area (Å²) in [6.45, 7) is 0.0753. The number of nitrogens with one attached hydrogen (secondary N) is 2. The molecule has 1 aromatic heterocycles. The predicted octanol–water partition coefficient (Wildman–Crippen LogP) is 3.22. The summed E-state index contributed by atoms with van der Waals surface area (Å²) in [6.07, 6.45) is 0.430. The molecule has 1 heterocycles. The van der Waals surface area contributed by atoms with Crippen LogP contribution in [0.4, 0.5) is 11.4 Å². The minimum Gasteiger partial charge on any atom is -0.497 e. The van der Waals surface area contributed by atoms with Crippen LogP contribution in [-0.2, 0) is 23.2 Å². The van der Waals surface area contributed by atoms with E-state index < -0.39 is 11.9 Å². The van der Waals surface area contributed by atoms with E-state index in [1.54, 1.807) is 18.2 Å². The monoisotopic (exact) mass is 437 g/mol. The van der Waals surface area contributed by atoms with Crippen LogP contribution in [0.1, 0.15) is 26.5 Å². The Kier molecular flexibility index (Phi) is 7.12. The van der Waals surface area contributed by atoms with Gasteiger partial charge >= 0.3 is 5.97 Å². The number of aromatic nitrogens is 1. The van der Waals surface area contributed by atoms with Crippen LogP contribution in [0.25, 0.3) is 0 Å². The molecule has 2 aromatic carbocycles. The van der Waals surface area contributed by atoms with E-state index >= 15 is 0 Å². The summed E-state index contributed by atoms with van der Waals surface area (Å²) in [5, 5.41) is 5.19. The molecule has 0 spiro atoms. The Bertz CT molecular complexity index is 1120. The van der Waals surface area contributed by atoms with E-state index in [2.05, 4.69) is 10.6 Å². The Hall–Kier alpha value is -4.27. The van der Waals surface area contributed by atoms with Gasteiger partial charge in [0.1, 0.15) is 29.5 Å². The highest BCUT2D eigenvalue weighted by molar-refractivity contribution is 6.10. The number of anilines is 2. The lowest BCUT2D eigenvalue weighted by Crippen LogP contribution is -2.20. The van der Waals surface area contributed by atoms with E-state index in [0.29, 0.717) is 23.6 Å². The van der Waals surface area contributed by atoms with Crippen LogP contribution in [-0.4, -0.2) is 37.1 Å². The maximum atomic E-state index is 13.0. The highest BCUT2D eigenvalue weighted by Crippen LogP contribution is 2.30. The molecule has 2 amide bonds. The standard InChI is InChI=1S/C23H23N3O6/c1-26-19(23(29)32-13-15-7-5-4-6-8-15)12-18(24-14-27)21(26)22(28)25-17-10-9-16(30-2)11-20(17)31-3/h4-12,14H,13H2,1-3H3,(H,24,27)(H,25,28). The Morgan fingerprint density at radius 3 is 2.41 bits per heavy atom. The SMILES string of the molecule is COc1ccc(NC(=O)c2c(NC=O)cc(C(=O)OCc3ccccc3)n2C)c(OC)c1. The summed E-state index contributed by atoms with van der Waals surface area (Å²) in [6, 6.07) is 15.5. The Morgan fingerprint density at radius 2 is 1.75 bits per heavy atom. The zero-order valence-electron chi connectivity index (χ0n) is 17.9. The molecule has 0 aliphatic heterocycles. The van der Waals surface area contributed by atoms with Crippen molar-refractivity contribution in [3.05, 3.63) is 71.5 Å². The first-order valence-electron chi connectivity index (χ1n) is 9.62. The van der Waals surface area contributed by atoms with Crippen LogP contribution < -0.4 is 20.1 Å². The lowest BCUT2D eigenvalue weighted by molar-refractivity contribution is -0.105. The number of amides is 2. The number of nitrogens with zero attached hydrogens (tertiary/aromatic N) is 1. The van der Waals surface area contributed by atoms with Crippen LogP contribution in [0.2, 0.25) is 0 Å². The molecule has 0 radical (unpaired) electrons. The fourth-order valence-electron chi connectivity index (χ4n) is 3.13. The number of ether oxygens (including phenoxy) is 3. The second-order valence-electron chi connectivity index (χ2n) is 6.70. The van der Waals surface area contributed by atoms with Crippen molar-refractivity contribution < 1.29 is 28.6 Å². The fraction of sp³-hybridized carbons (Fsp3) is 0.174. The molecule has 0 aliphatic rings. The van der Waals surface area contributed by atoms with E-state index in [1.165, 1.54) is 31.9 Å². The third-order valence-electron chi connectivity index (χ3n) is 4.74. The van der Waals surface area contributed by atoms with Crippen LogP contribution in [0.5, 0.6) is 11.5 Å². The Morgan fingerprint density at radius 1 is 1.00 bits per heavy atom. The summed E-state index contributed by atoms with van der Waals surface area (Å²) in [7, 11) is 4.52. The van der Waals surface area contributed by atoms with Gasteiger partial charge in [-0.25, -0.2) is 4.79 Å². The second kappa shape index (κ2) is 10.2. The highest BCUT2D eigenvalue weighted by Gasteiger charge is 2.24. The largest absolute Gasteiger partial charge is 0.497 e. The minimum atomic E-state index is -0.633. The first-order valence-corrected chi connectivity index (χ1v) is 9.62. The van der Waals surface area contributed by atoms with Gasteiger partial charge in [0.25, 0.3) is 5.91 Å². The number of carbonyl (C=O) groups excluding carboxylic acids is 3. The zero-order chi connectivity index (χ0) is 23.1. The lowest BCUT2D eigenvalue weighted by Gasteiger charge is -2.13. The minimum absolute atomic E-state index is 0.0710. The number of hydrogen-bond acceptors (Lipinski definition) is 6. The van der Waals surface area contributed by atoms with Gasteiger partial charge in [0.2, 0.25) is 6.41 Å². The van der Waals surface area contributed by atoms with Gasteiger partial charge in [0, 0.05) is 13.1 Å². The fourth-order valence-corrected chi connectivity index (χ4v) is 3.13. The summed E-state index contributed by atoms with van der Waals surface area (Å²) in [4.78, 5) is 36.8. The average molecular weight is 437 g/mol. The summed E-state index contributed by atoms with van der Waals surface area (Å²) < 4.78 is 17.2. The van der Waals surface area contributed by atoms with Gasteiger partial charge in [-0.3, -0.25) is 9.59 Å². The summed E-state index contributed by atoms with van der Waals surface area (Å²) >= 11 is 0. The highest BCUT2D eigenvalue weighted by atomic mass is 16.5. The van der Waals surface area contributed by atoms with Crippen molar-refractivity contribution >= 4 is 29.7 Å². The predicted molar refractivity (Wildman–Crippen MR) is 118 cm³/mol. The molecule has 0 atom stereocenters. The molecular weight excluding hydrogens is 414 g/mol. The zero-order valence-corrected chi connectivity index (χ0v) is 17.9.